The van der Waals surface area contributed by atoms with Crippen molar-refractivity contribution >= 4 is 28.2 Å². The maximum absolute atomic E-state index is 5.28. The van der Waals surface area contributed by atoms with E-state index < -0.39 is 0 Å². The van der Waals surface area contributed by atoms with Gasteiger partial charge in [-0.25, -0.2) is 10.5 Å². The van der Waals surface area contributed by atoms with Crippen LogP contribution in [0, 0.1) is 0 Å². The first-order chi connectivity index (χ1) is 9.36. The van der Waals surface area contributed by atoms with Crippen molar-refractivity contribution in [1.82, 2.24) is 30.4 Å². The van der Waals surface area contributed by atoms with Crippen LogP contribution in [0.25, 0.3) is 0 Å². The Morgan fingerprint density at radius 2 is 2.16 bits per heavy atom. The number of thioether (sulfide) groups is 1. The van der Waals surface area contributed by atoms with Crippen molar-refractivity contribution in [3.05, 3.63) is 5.01 Å². The van der Waals surface area contributed by atoms with Crippen LogP contribution in [0.3, 0.4) is 0 Å². The monoisotopic (exact) mass is 298 g/mol. The molecule has 0 radical (unpaired) electrons. The number of hydrogen-bond donors (Lipinski definition) is 2. The minimum atomic E-state index is 0.452. The lowest BCUT2D eigenvalue weighted by Crippen LogP contribution is -2.08. The first-order valence-electron chi connectivity index (χ1n) is 6.06. The van der Waals surface area contributed by atoms with E-state index >= 15 is 0 Å². The summed E-state index contributed by atoms with van der Waals surface area (Å²) in [5.74, 6) is 5.98. The quantitative estimate of drug-likeness (QED) is 0.482. The zero-order valence-electron chi connectivity index (χ0n) is 10.2. The van der Waals surface area contributed by atoms with E-state index in [2.05, 4.69) is 31.1 Å². The summed E-state index contributed by atoms with van der Waals surface area (Å²) < 4.78 is 1.95. The second-order valence-corrected chi connectivity index (χ2v) is 6.28. The Morgan fingerprint density at radius 3 is 2.89 bits per heavy atom. The van der Waals surface area contributed by atoms with E-state index in [1.165, 1.54) is 37.0 Å². The van der Waals surface area contributed by atoms with Gasteiger partial charge in [-0.2, -0.15) is 0 Å². The van der Waals surface area contributed by atoms with Crippen molar-refractivity contribution in [2.75, 3.05) is 5.43 Å². The van der Waals surface area contributed by atoms with Crippen molar-refractivity contribution in [2.24, 2.45) is 5.84 Å². The van der Waals surface area contributed by atoms with E-state index in [9.17, 15) is 0 Å². The third-order valence-corrected chi connectivity index (χ3v) is 5.03. The fourth-order valence-corrected chi connectivity index (χ4v) is 3.74. The van der Waals surface area contributed by atoms with E-state index in [4.69, 9.17) is 5.84 Å². The predicted molar refractivity (Wildman–Crippen MR) is 72.6 cm³/mol. The number of tetrazole rings is 1. The molecular formula is C9H14N8S2. The minimum absolute atomic E-state index is 0.452. The van der Waals surface area contributed by atoms with Crippen molar-refractivity contribution in [2.45, 2.75) is 42.6 Å². The average Bonchev–Trinajstić information content (AvgIpc) is 3.16. The number of nitrogens with two attached hydrogens (primary N) is 1. The Labute approximate surface area is 118 Å². The molecule has 8 nitrogen and oxygen atoms in total. The maximum atomic E-state index is 5.28. The van der Waals surface area contributed by atoms with E-state index in [1.54, 1.807) is 11.8 Å². The van der Waals surface area contributed by atoms with Crippen molar-refractivity contribution in [3.63, 3.8) is 0 Å². The van der Waals surface area contributed by atoms with Crippen LogP contribution in [0.15, 0.2) is 5.16 Å². The third-order valence-electron chi connectivity index (χ3n) is 3.05. The zero-order valence-corrected chi connectivity index (χ0v) is 11.8. The van der Waals surface area contributed by atoms with E-state index in [1.807, 2.05) is 4.68 Å². The molecule has 2 heterocycles. The molecule has 2 aromatic heterocycles. The van der Waals surface area contributed by atoms with Gasteiger partial charge in [0, 0.05) is 0 Å². The van der Waals surface area contributed by atoms with Gasteiger partial charge in [0.1, 0.15) is 5.01 Å². The highest BCUT2D eigenvalue weighted by atomic mass is 32.2. The van der Waals surface area contributed by atoms with E-state index in [-0.39, 0.29) is 0 Å². The fraction of sp³-hybridized carbons (Fsp3) is 0.667. The topological polar surface area (TPSA) is 107 Å². The summed E-state index contributed by atoms with van der Waals surface area (Å²) in [6, 6.07) is 0.452. The lowest BCUT2D eigenvalue weighted by molar-refractivity contribution is 0.423. The van der Waals surface area contributed by atoms with Crippen LogP contribution in [0.5, 0.6) is 0 Å². The van der Waals surface area contributed by atoms with Crippen LogP contribution < -0.4 is 11.3 Å². The standard InChI is InChI=1S/C9H14N8S2/c10-11-8-13-12-7(19-8)5-18-9-14-15-16-17(9)6-3-1-2-4-6/h6H,1-5,10H2,(H,11,13). The molecule has 1 aliphatic carbocycles. The Bertz CT molecular complexity index is 532. The highest BCUT2D eigenvalue weighted by molar-refractivity contribution is 7.98. The van der Waals surface area contributed by atoms with Gasteiger partial charge < -0.3 is 0 Å². The van der Waals surface area contributed by atoms with Crippen molar-refractivity contribution in [1.29, 1.82) is 0 Å². The second-order valence-electron chi connectivity index (χ2n) is 4.28. The van der Waals surface area contributed by atoms with Crippen molar-refractivity contribution < 1.29 is 0 Å². The number of hydrogen-bond acceptors (Lipinski definition) is 9. The summed E-state index contributed by atoms with van der Waals surface area (Å²) in [6.45, 7) is 0. The van der Waals surface area contributed by atoms with Crippen LogP contribution >= 0.6 is 23.1 Å². The fourth-order valence-electron chi connectivity index (χ4n) is 2.16. The predicted octanol–water partition coefficient (Wildman–Crippen LogP) is 1.22. The van der Waals surface area contributed by atoms with Gasteiger partial charge in [0.2, 0.25) is 10.3 Å². The number of nitrogens with zero attached hydrogens (tertiary/aromatic N) is 6. The molecule has 0 bridgehead atoms. The summed E-state index contributed by atoms with van der Waals surface area (Å²) in [4.78, 5) is 0. The number of anilines is 1. The lowest BCUT2D eigenvalue weighted by atomic mass is 10.3. The third kappa shape index (κ3) is 2.85. The molecule has 0 atom stereocenters. The molecule has 1 fully saturated rings. The van der Waals surface area contributed by atoms with Gasteiger partial charge in [0.25, 0.3) is 0 Å². The van der Waals surface area contributed by atoms with Gasteiger partial charge in [0.15, 0.2) is 0 Å². The molecule has 10 heteroatoms. The highest BCUT2D eigenvalue weighted by Crippen LogP contribution is 2.32. The van der Waals surface area contributed by atoms with Gasteiger partial charge in [0.05, 0.1) is 11.8 Å². The maximum Gasteiger partial charge on any atom is 0.219 e. The number of aromatic nitrogens is 6. The van der Waals surface area contributed by atoms with E-state index in [0.717, 1.165) is 10.2 Å². The lowest BCUT2D eigenvalue weighted by Gasteiger charge is -2.09. The van der Waals surface area contributed by atoms with Crippen LogP contribution in [-0.2, 0) is 5.75 Å². The molecule has 1 aliphatic rings. The van der Waals surface area contributed by atoms with Gasteiger partial charge in [-0.1, -0.05) is 35.9 Å². The minimum Gasteiger partial charge on any atom is -0.298 e. The van der Waals surface area contributed by atoms with Gasteiger partial charge in [-0.15, -0.1) is 15.3 Å². The molecule has 2 aromatic rings. The van der Waals surface area contributed by atoms with Gasteiger partial charge in [-0.3, -0.25) is 5.43 Å². The van der Waals surface area contributed by atoms with E-state index in [0.29, 0.717) is 16.9 Å². The summed E-state index contributed by atoms with van der Waals surface area (Å²) in [6.07, 6.45) is 4.85. The van der Waals surface area contributed by atoms with Crippen LogP contribution in [-0.4, -0.2) is 30.4 Å². The first-order valence-corrected chi connectivity index (χ1v) is 7.86. The molecule has 0 spiro atoms. The number of nitrogens with one attached hydrogen (secondary N) is 1. The molecule has 0 saturated heterocycles. The molecule has 3 N–H and O–H groups in total. The molecule has 102 valence electrons. The summed E-state index contributed by atoms with van der Waals surface area (Å²) in [7, 11) is 0. The molecule has 19 heavy (non-hydrogen) atoms. The van der Waals surface area contributed by atoms with Crippen LogP contribution in [0.1, 0.15) is 36.7 Å². The summed E-state index contributed by atoms with van der Waals surface area (Å²) in [5, 5.41) is 22.3. The largest absolute Gasteiger partial charge is 0.298 e. The van der Waals surface area contributed by atoms with Crippen molar-refractivity contribution in [3.8, 4) is 0 Å². The molecule has 0 unspecified atom stereocenters. The summed E-state index contributed by atoms with van der Waals surface area (Å²) >= 11 is 3.02. The second kappa shape index (κ2) is 5.80. The van der Waals surface area contributed by atoms with Crippen LogP contribution in [0.2, 0.25) is 0 Å². The first kappa shape index (κ1) is 12.8. The number of hydrazine groups is 1. The molecule has 1 saturated carbocycles. The number of nitrogen functional groups attached to an aromatic ring is 1. The SMILES string of the molecule is NNc1nnc(CSc2nnnn2C2CCCC2)s1. The normalized spacial score (nSPS) is 16.1. The Kier molecular flexibility index (Phi) is 3.89. The Morgan fingerprint density at radius 1 is 1.32 bits per heavy atom. The smallest absolute Gasteiger partial charge is 0.219 e. The van der Waals surface area contributed by atoms with Gasteiger partial charge in [-0.05, 0) is 23.3 Å². The Hall–Kier alpha value is -1.26. The highest BCUT2D eigenvalue weighted by Gasteiger charge is 2.21. The number of rotatable bonds is 5. The molecular weight excluding hydrogens is 284 g/mol. The molecule has 0 aliphatic heterocycles. The summed E-state index contributed by atoms with van der Waals surface area (Å²) in [5.41, 5.74) is 2.49. The van der Waals surface area contributed by atoms with Gasteiger partial charge >= 0.3 is 0 Å². The Balaban J connectivity index is 1.65. The molecule has 0 amide bonds. The molecule has 3 rings (SSSR count). The average molecular weight is 298 g/mol. The molecule has 0 aromatic carbocycles. The van der Waals surface area contributed by atoms with Crippen LogP contribution in [0.4, 0.5) is 5.13 Å². The zero-order chi connectivity index (χ0) is 13.1.